The van der Waals surface area contributed by atoms with Crippen molar-refractivity contribution < 1.29 is 19.1 Å². The zero-order chi connectivity index (χ0) is 28.7. The number of aromatic nitrogens is 1. The van der Waals surface area contributed by atoms with Gasteiger partial charge >= 0.3 is 6.03 Å². The van der Waals surface area contributed by atoms with Gasteiger partial charge in [0.25, 0.3) is 11.8 Å². The van der Waals surface area contributed by atoms with Gasteiger partial charge in [0, 0.05) is 36.2 Å². The SMILES string of the molecule is Cc1ccc([C@@H]2c3[nH]c4ccccc4c3C[C@H]3C(=O)N(c4ccccc4C(=O)NCCCOC(C)C)C(=O)N23)cc1. The molecule has 0 radical (unpaired) electrons. The zero-order valence-electron chi connectivity index (χ0n) is 23.5. The minimum Gasteiger partial charge on any atom is -0.379 e. The topological polar surface area (TPSA) is 94.7 Å². The van der Waals surface area contributed by atoms with Gasteiger partial charge < -0.3 is 15.0 Å². The largest absolute Gasteiger partial charge is 0.379 e. The molecule has 0 bridgehead atoms. The first-order valence-electron chi connectivity index (χ1n) is 14.2. The molecule has 1 saturated heterocycles. The van der Waals surface area contributed by atoms with Crippen molar-refractivity contribution in [3.63, 3.8) is 0 Å². The van der Waals surface area contributed by atoms with Crippen LogP contribution in [0.4, 0.5) is 10.5 Å². The van der Waals surface area contributed by atoms with Crippen LogP contribution in [0.25, 0.3) is 10.9 Å². The van der Waals surface area contributed by atoms with Gasteiger partial charge in [-0.05, 0) is 56.5 Å². The lowest BCUT2D eigenvalue weighted by atomic mass is 9.88. The molecule has 1 aromatic heterocycles. The van der Waals surface area contributed by atoms with Crippen molar-refractivity contribution in [2.24, 2.45) is 0 Å². The highest BCUT2D eigenvalue weighted by atomic mass is 16.5. The second-order valence-corrected chi connectivity index (χ2v) is 11.0. The van der Waals surface area contributed by atoms with Gasteiger partial charge in [-0.2, -0.15) is 0 Å². The molecule has 0 unspecified atom stereocenters. The molecule has 210 valence electrons. The van der Waals surface area contributed by atoms with Crippen molar-refractivity contribution in [2.75, 3.05) is 18.1 Å². The summed E-state index contributed by atoms with van der Waals surface area (Å²) in [5.74, 6) is -0.657. The summed E-state index contributed by atoms with van der Waals surface area (Å²) in [6.45, 7) is 6.92. The average molecular weight is 551 g/mol. The van der Waals surface area contributed by atoms with E-state index in [0.29, 0.717) is 31.7 Å². The number of aromatic amines is 1. The van der Waals surface area contributed by atoms with Crippen LogP contribution < -0.4 is 10.2 Å². The highest BCUT2D eigenvalue weighted by Gasteiger charge is 2.53. The molecule has 3 heterocycles. The number of benzene rings is 3. The molecule has 1 fully saturated rings. The summed E-state index contributed by atoms with van der Waals surface area (Å²) < 4.78 is 5.56. The highest BCUT2D eigenvalue weighted by molar-refractivity contribution is 6.24. The van der Waals surface area contributed by atoms with E-state index in [1.165, 1.54) is 4.90 Å². The lowest BCUT2D eigenvalue weighted by Gasteiger charge is -2.36. The Morgan fingerprint density at radius 1 is 1.02 bits per heavy atom. The predicted octanol–water partition coefficient (Wildman–Crippen LogP) is 5.50. The number of hydrogen-bond donors (Lipinski definition) is 2. The fourth-order valence-corrected chi connectivity index (χ4v) is 5.94. The van der Waals surface area contributed by atoms with Crippen LogP contribution in [0.5, 0.6) is 0 Å². The number of rotatable bonds is 8. The van der Waals surface area contributed by atoms with Crippen LogP contribution in [0.3, 0.4) is 0 Å². The van der Waals surface area contributed by atoms with E-state index in [2.05, 4.69) is 16.4 Å². The molecule has 4 aromatic rings. The minimum atomic E-state index is -0.690. The third-order valence-electron chi connectivity index (χ3n) is 7.89. The second-order valence-electron chi connectivity index (χ2n) is 11.0. The molecule has 4 amide bonds. The maximum absolute atomic E-state index is 14.2. The number of ether oxygens (including phenoxy) is 1. The first kappa shape index (κ1) is 26.8. The Kier molecular flexibility index (Phi) is 7.09. The van der Waals surface area contributed by atoms with Crippen molar-refractivity contribution in [3.8, 4) is 0 Å². The Hall–Kier alpha value is -4.43. The molecular weight excluding hydrogens is 516 g/mol. The fourth-order valence-electron chi connectivity index (χ4n) is 5.94. The van der Waals surface area contributed by atoms with Crippen LogP contribution in [0.1, 0.15) is 59.1 Å². The standard InChI is InChI=1S/C33H34N4O4/c1-20(2)41-18-8-17-34-31(38)24-10-5-7-12-27(24)37-32(39)28-19-25-23-9-4-6-11-26(23)35-29(25)30(36(28)33(37)40)22-15-13-21(3)14-16-22/h4-7,9-16,20,28,30,35H,8,17-19H2,1-3H3,(H,34,38)/t28-,30+/m0/s1. The first-order chi connectivity index (χ1) is 19.8. The third-order valence-corrected chi connectivity index (χ3v) is 7.89. The maximum Gasteiger partial charge on any atom is 0.332 e. The third kappa shape index (κ3) is 4.78. The smallest absolute Gasteiger partial charge is 0.332 e. The van der Waals surface area contributed by atoms with E-state index in [9.17, 15) is 14.4 Å². The van der Waals surface area contributed by atoms with Crippen LogP contribution >= 0.6 is 0 Å². The Bertz CT molecular complexity index is 1620. The number of amides is 4. The van der Waals surface area contributed by atoms with Crippen molar-refractivity contribution in [2.45, 2.75) is 51.8 Å². The van der Waals surface area contributed by atoms with E-state index < -0.39 is 18.1 Å². The summed E-state index contributed by atoms with van der Waals surface area (Å²) in [5, 5.41) is 3.97. The Balaban J connectivity index is 1.36. The molecule has 2 atom stereocenters. The summed E-state index contributed by atoms with van der Waals surface area (Å²) >= 11 is 0. The molecule has 3 aromatic carbocycles. The van der Waals surface area contributed by atoms with Gasteiger partial charge in [-0.1, -0.05) is 60.2 Å². The number of nitrogens with one attached hydrogen (secondary N) is 2. The van der Waals surface area contributed by atoms with E-state index in [-0.39, 0.29) is 23.5 Å². The lowest BCUT2D eigenvalue weighted by molar-refractivity contribution is -0.120. The van der Waals surface area contributed by atoms with Crippen molar-refractivity contribution in [3.05, 3.63) is 101 Å². The van der Waals surface area contributed by atoms with Crippen LogP contribution in [0.2, 0.25) is 0 Å². The van der Waals surface area contributed by atoms with Crippen molar-refractivity contribution in [1.82, 2.24) is 15.2 Å². The lowest BCUT2D eigenvalue weighted by Crippen LogP contribution is -2.44. The predicted molar refractivity (Wildman–Crippen MR) is 158 cm³/mol. The number of anilines is 1. The summed E-state index contributed by atoms with van der Waals surface area (Å²) in [6.07, 6.45) is 1.18. The number of para-hydroxylation sites is 2. The van der Waals surface area contributed by atoms with Gasteiger partial charge in [-0.25, -0.2) is 9.69 Å². The number of hydrogen-bond acceptors (Lipinski definition) is 4. The van der Waals surface area contributed by atoms with E-state index in [1.807, 2.05) is 63.2 Å². The van der Waals surface area contributed by atoms with Crippen molar-refractivity contribution >= 4 is 34.4 Å². The highest BCUT2D eigenvalue weighted by Crippen LogP contribution is 2.45. The van der Waals surface area contributed by atoms with E-state index in [1.54, 1.807) is 29.2 Å². The van der Waals surface area contributed by atoms with Gasteiger partial charge in [0.05, 0.1) is 17.4 Å². The minimum absolute atomic E-state index is 0.125. The number of carbonyl (C=O) groups excluding carboxylic acids is 3. The summed E-state index contributed by atoms with van der Waals surface area (Å²) in [7, 11) is 0. The van der Waals surface area contributed by atoms with Crippen LogP contribution in [-0.4, -0.2) is 53.0 Å². The molecular formula is C33H34N4O4. The van der Waals surface area contributed by atoms with Crippen LogP contribution in [-0.2, 0) is 16.0 Å². The van der Waals surface area contributed by atoms with Crippen LogP contribution in [0, 0.1) is 6.92 Å². The van der Waals surface area contributed by atoms with Gasteiger partial charge in [-0.15, -0.1) is 0 Å². The Morgan fingerprint density at radius 2 is 1.76 bits per heavy atom. The van der Waals surface area contributed by atoms with Gasteiger partial charge in [0.1, 0.15) is 12.1 Å². The van der Waals surface area contributed by atoms with Gasteiger partial charge in [0.2, 0.25) is 0 Å². The number of nitrogens with zero attached hydrogens (tertiary/aromatic N) is 2. The summed E-state index contributed by atoms with van der Waals surface area (Å²) in [6, 6.07) is 21.3. The molecule has 0 aliphatic carbocycles. The first-order valence-corrected chi connectivity index (χ1v) is 14.2. The quantitative estimate of drug-likeness (QED) is 0.224. The molecule has 6 rings (SSSR count). The number of carbonyl (C=O) groups is 3. The molecule has 41 heavy (non-hydrogen) atoms. The fraction of sp³-hybridized carbons (Fsp3) is 0.303. The molecule has 2 aliphatic heterocycles. The van der Waals surface area contributed by atoms with Crippen LogP contribution in [0.15, 0.2) is 72.8 Å². The normalized spacial score (nSPS) is 18.2. The number of urea groups is 1. The zero-order valence-corrected chi connectivity index (χ0v) is 23.5. The number of aryl methyl sites for hydroxylation is 1. The molecule has 2 N–H and O–H groups in total. The monoisotopic (exact) mass is 550 g/mol. The molecule has 2 aliphatic rings. The van der Waals surface area contributed by atoms with Gasteiger partial charge in [-0.3, -0.25) is 14.5 Å². The number of H-pyrrole nitrogens is 1. The second kappa shape index (κ2) is 10.9. The number of imide groups is 1. The van der Waals surface area contributed by atoms with E-state index >= 15 is 0 Å². The molecule has 8 heteroatoms. The summed E-state index contributed by atoms with van der Waals surface area (Å²) in [5.41, 5.74) is 5.56. The van der Waals surface area contributed by atoms with Crippen molar-refractivity contribution in [1.29, 1.82) is 0 Å². The van der Waals surface area contributed by atoms with E-state index in [4.69, 9.17) is 4.74 Å². The molecule has 0 saturated carbocycles. The average Bonchev–Trinajstić information content (AvgIpc) is 3.46. The van der Waals surface area contributed by atoms with Gasteiger partial charge in [0.15, 0.2) is 0 Å². The molecule has 0 spiro atoms. The number of fused-ring (bicyclic) bond motifs is 4. The Labute approximate surface area is 239 Å². The summed E-state index contributed by atoms with van der Waals surface area (Å²) in [4.78, 5) is 48.0. The maximum atomic E-state index is 14.2. The molecule has 8 nitrogen and oxygen atoms in total. The van der Waals surface area contributed by atoms with E-state index in [0.717, 1.165) is 33.3 Å². The Morgan fingerprint density at radius 3 is 2.54 bits per heavy atom.